The number of carbonyl (C=O) groups is 2. The molecule has 5 N–H and O–H groups in total. The van der Waals surface area contributed by atoms with Gasteiger partial charge in [-0.2, -0.15) is 0 Å². The number of carbonyl (C=O) groups excluding carboxylic acids is 2. The van der Waals surface area contributed by atoms with Crippen LogP contribution in [0.25, 0.3) is 22.4 Å². The third-order valence-corrected chi connectivity index (χ3v) is 5.74. The minimum absolute atomic E-state index is 0.240. The second-order valence-electron chi connectivity index (χ2n) is 8.25. The summed E-state index contributed by atoms with van der Waals surface area (Å²) in [6.45, 7) is 0.300. The Morgan fingerprint density at radius 2 is 1.58 bits per heavy atom. The third kappa shape index (κ3) is 4.92. The van der Waals surface area contributed by atoms with Crippen LogP contribution in [0.1, 0.15) is 26.3 Å². The number of fused-ring (bicyclic) bond motifs is 1. The molecule has 4 aromatic carbocycles. The molecule has 0 spiro atoms. The van der Waals surface area contributed by atoms with Crippen LogP contribution in [0, 0.1) is 5.82 Å². The molecule has 0 saturated heterocycles. The van der Waals surface area contributed by atoms with Gasteiger partial charge in [-0.15, -0.1) is 0 Å². The molecule has 0 aliphatic carbocycles. The zero-order chi connectivity index (χ0) is 25.1. The van der Waals surface area contributed by atoms with Gasteiger partial charge < -0.3 is 21.4 Å². The first kappa shape index (κ1) is 22.8. The van der Waals surface area contributed by atoms with Gasteiger partial charge in [-0.05, 0) is 72.3 Å². The molecule has 178 valence electrons. The van der Waals surface area contributed by atoms with Gasteiger partial charge in [-0.25, -0.2) is 9.37 Å². The third-order valence-electron chi connectivity index (χ3n) is 5.74. The summed E-state index contributed by atoms with van der Waals surface area (Å²) in [6, 6.07) is 25.3. The van der Waals surface area contributed by atoms with Crippen molar-refractivity contribution >= 4 is 34.2 Å². The van der Waals surface area contributed by atoms with Crippen LogP contribution in [-0.2, 0) is 6.54 Å². The molecule has 1 aromatic heterocycles. The van der Waals surface area contributed by atoms with E-state index in [0.717, 1.165) is 11.1 Å². The summed E-state index contributed by atoms with van der Waals surface area (Å²) in [5.41, 5.74) is 10.9. The molecular weight excluding hydrogens is 457 g/mol. The fourth-order valence-electron chi connectivity index (χ4n) is 3.76. The molecule has 7 nitrogen and oxygen atoms in total. The second kappa shape index (κ2) is 9.71. The minimum atomic E-state index is -0.316. The summed E-state index contributed by atoms with van der Waals surface area (Å²) in [7, 11) is 0. The highest BCUT2D eigenvalue weighted by atomic mass is 19.1. The summed E-state index contributed by atoms with van der Waals surface area (Å²) in [5, 5.41) is 5.68. The number of hydrogen-bond donors (Lipinski definition) is 4. The van der Waals surface area contributed by atoms with E-state index in [-0.39, 0.29) is 17.6 Å². The molecule has 8 heteroatoms. The number of H-pyrrole nitrogens is 1. The number of halogens is 1. The molecule has 0 aliphatic heterocycles. The van der Waals surface area contributed by atoms with Gasteiger partial charge in [0, 0.05) is 23.2 Å². The summed E-state index contributed by atoms with van der Waals surface area (Å²) in [6.07, 6.45) is 0. The van der Waals surface area contributed by atoms with Crippen LogP contribution in [0.15, 0.2) is 91.0 Å². The Labute approximate surface area is 206 Å². The number of hydrogen-bond acceptors (Lipinski definition) is 4. The average Bonchev–Trinajstić information content (AvgIpc) is 3.33. The van der Waals surface area contributed by atoms with E-state index in [1.54, 1.807) is 78.9 Å². The molecular formula is C28H22FN5O2. The number of nitrogens with two attached hydrogens (primary N) is 1. The van der Waals surface area contributed by atoms with E-state index in [0.29, 0.717) is 45.9 Å². The molecule has 5 aromatic rings. The lowest BCUT2D eigenvalue weighted by molar-refractivity contribution is 0.0950. The van der Waals surface area contributed by atoms with Gasteiger partial charge in [0.2, 0.25) is 0 Å². The van der Waals surface area contributed by atoms with E-state index in [4.69, 9.17) is 5.73 Å². The maximum atomic E-state index is 13.2. The monoisotopic (exact) mass is 479 g/mol. The Morgan fingerprint density at radius 3 is 2.33 bits per heavy atom. The van der Waals surface area contributed by atoms with Gasteiger partial charge >= 0.3 is 0 Å². The zero-order valence-corrected chi connectivity index (χ0v) is 19.1. The van der Waals surface area contributed by atoms with Crippen molar-refractivity contribution in [2.45, 2.75) is 6.54 Å². The largest absolute Gasteiger partial charge is 0.397 e. The Hall–Kier alpha value is -4.98. The molecule has 1 heterocycles. The topological polar surface area (TPSA) is 113 Å². The van der Waals surface area contributed by atoms with Crippen molar-refractivity contribution < 1.29 is 14.0 Å². The smallest absolute Gasteiger partial charge is 0.255 e. The van der Waals surface area contributed by atoms with Crippen LogP contribution in [0.2, 0.25) is 0 Å². The maximum Gasteiger partial charge on any atom is 0.255 e. The normalized spacial score (nSPS) is 10.8. The summed E-state index contributed by atoms with van der Waals surface area (Å²) < 4.78 is 13.2. The minimum Gasteiger partial charge on any atom is -0.397 e. The summed E-state index contributed by atoms with van der Waals surface area (Å²) >= 11 is 0. The first-order valence-electron chi connectivity index (χ1n) is 11.2. The number of aromatic nitrogens is 2. The summed E-state index contributed by atoms with van der Waals surface area (Å²) in [5.74, 6) is -0.224. The quantitative estimate of drug-likeness (QED) is 0.253. The molecule has 5 rings (SSSR count). The van der Waals surface area contributed by atoms with Crippen LogP contribution in [0.4, 0.5) is 15.8 Å². The van der Waals surface area contributed by atoms with Crippen LogP contribution < -0.4 is 16.4 Å². The lowest BCUT2D eigenvalue weighted by Gasteiger charge is -2.09. The van der Waals surface area contributed by atoms with Crippen LogP contribution in [0.5, 0.6) is 0 Å². The molecule has 0 radical (unpaired) electrons. The van der Waals surface area contributed by atoms with E-state index < -0.39 is 0 Å². The highest BCUT2D eigenvalue weighted by Gasteiger charge is 2.11. The number of nitrogens with zero attached hydrogens (tertiary/aromatic N) is 1. The van der Waals surface area contributed by atoms with Crippen molar-refractivity contribution in [3.05, 3.63) is 114 Å². The number of para-hydroxylation sites is 2. The number of aromatic amines is 1. The van der Waals surface area contributed by atoms with E-state index in [1.165, 1.54) is 12.1 Å². The predicted octanol–water partition coefficient (Wildman–Crippen LogP) is 5.13. The molecule has 36 heavy (non-hydrogen) atoms. The van der Waals surface area contributed by atoms with Crippen LogP contribution >= 0.6 is 0 Å². The fourth-order valence-corrected chi connectivity index (χ4v) is 3.76. The van der Waals surface area contributed by atoms with E-state index in [9.17, 15) is 14.0 Å². The van der Waals surface area contributed by atoms with Crippen LogP contribution in [-0.4, -0.2) is 21.8 Å². The van der Waals surface area contributed by atoms with Crippen molar-refractivity contribution in [3.63, 3.8) is 0 Å². The first-order chi connectivity index (χ1) is 17.5. The predicted molar refractivity (Wildman–Crippen MR) is 138 cm³/mol. The molecule has 0 saturated carbocycles. The van der Waals surface area contributed by atoms with Crippen molar-refractivity contribution in [1.29, 1.82) is 0 Å². The van der Waals surface area contributed by atoms with E-state index in [2.05, 4.69) is 20.6 Å². The van der Waals surface area contributed by atoms with Crippen molar-refractivity contribution in [2.24, 2.45) is 0 Å². The average molecular weight is 480 g/mol. The molecule has 0 bridgehead atoms. The van der Waals surface area contributed by atoms with E-state index in [1.807, 2.05) is 0 Å². The molecule has 0 unspecified atom stereocenters. The highest BCUT2D eigenvalue weighted by molar-refractivity contribution is 6.05. The zero-order valence-electron chi connectivity index (χ0n) is 19.1. The Kier molecular flexibility index (Phi) is 6.15. The van der Waals surface area contributed by atoms with Crippen LogP contribution in [0.3, 0.4) is 0 Å². The second-order valence-corrected chi connectivity index (χ2v) is 8.25. The van der Waals surface area contributed by atoms with Gasteiger partial charge in [0.25, 0.3) is 11.8 Å². The van der Waals surface area contributed by atoms with E-state index >= 15 is 0 Å². The Bertz CT molecular complexity index is 1560. The van der Waals surface area contributed by atoms with Gasteiger partial charge in [0.15, 0.2) is 0 Å². The van der Waals surface area contributed by atoms with Gasteiger partial charge in [-0.1, -0.05) is 24.3 Å². The fraction of sp³-hybridized carbons (Fsp3) is 0.0357. The first-order valence-corrected chi connectivity index (χ1v) is 11.2. The standard InChI is InChI=1S/C28H22FN5O2/c29-21-12-9-18(10-13-21)26-32-24-14-11-20(15-25(24)33-26)27(35)31-16-17-5-7-19(8-6-17)28(36)34-23-4-2-1-3-22(23)30/h1-15H,16,30H2,(H,31,35)(H,32,33)(H,34,36). The van der Waals surface area contributed by atoms with Crippen molar-refractivity contribution in [2.75, 3.05) is 11.1 Å². The lowest BCUT2D eigenvalue weighted by Crippen LogP contribution is -2.22. The lowest BCUT2D eigenvalue weighted by atomic mass is 10.1. The molecule has 2 amide bonds. The number of rotatable bonds is 6. The number of amides is 2. The maximum absolute atomic E-state index is 13.2. The number of nitrogens with one attached hydrogen (secondary N) is 3. The summed E-state index contributed by atoms with van der Waals surface area (Å²) in [4.78, 5) is 32.9. The number of benzene rings is 4. The van der Waals surface area contributed by atoms with Crippen molar-refractivity contribution in [3.8, 4) is 11.4 Å². The highest BCUT2D eigenvalue weighted by Crippen LogP contribution is 2.22. The molecule has 0 atom stereocenters. The Balaban J connectivity index is 1.22. The molecule has 0 aliphatic rings. The van der Waals surface area contributed by atoms with Gasteiger partial charge in [0.1, 0.15) is 11.6 Å². The number of nitrogen functional groups attached to an aromatic ring is 1. The SMILES string of the molecule is Nc1ccccc1NC(=O)c1ccc(CNC(=O)c2ccc3nc(-c4ccc(F)cc4)[nH]c3c2)cc1. The number of anilines is 2. The van der Waals surface area contributed by atoms with Crippen molar-refractivity contribution in [1.82, 2.24) is 15.3 Å². The van der Waals surface area contributed by atoms with Gasteiger partial charge in [-0.3, -0.25) is 9.59 Å². The van der Waals surface area contributed by atoms with Gasteiger partial charge in [0.05, 0.1) is 22.4 Å². The molecule has 0 fully saturated rings. The number of imidazole rings is 1. The Morgan fingerprint density at radius 1 is 0.861 bits per heavy atom.